The summed E-state index contributed by atoms with van der Waals surface area (Å²) in [6.07, 6.45) is 1.85. The summed E-state index contributed by atoms with van der Waals surface area (Å²) in [5.74, 6) is 0.698. The van der Waals surface area contributed by atoms with E-state index in [4.69, 9.17) is 26.3 Å². The highest BCUT2D eigenvalue weighted by atomic mass is 35.5. The van der Waals surface area contributed by atoms with Crippen molar-refractivity contribution in [3.8, 4) is 0 Å². The van der Waals surface area contributed by atoms with Crippen molar-refractivity contribution in [2.24, 2.45) is 17.0 Å². The third kappa shape index (κ3) is 3.76. The molecule has 0 radical (unpaired) electrons. The van der Waals surface area contributed by atoms with Crippen molar-refractivity contribution < 1.29 is 4.74 Å². The number of hydrogen-bond acceptors (Lipinski definition) is 3. The third-order valence-corrected chi connectivity index (χ3v) is 4.45. The van der Waals surface area contributed by atoms with Gasteiger partial charge in [-0.3, -0.25) is 0 Å². The van der Waals surface area contributed by atoms with Gasteiger partial charge in [-0.1, -0.05) is 41.1 Å². The fraction of sp³-hybridized carbons (Fsp3) is 0.333. The molecule has 1 aromatic heterocycles. The SMILES string of the molecule is Cn1cc(Cl)sc1=NC(=Nc1ccccc1)N1CCOCC1. The summed E-state index contributed by atoms with van der Waals surface area (Å²) in [6.45, 7) is 2.97. The van der Waals surface area contributed by atoms with Crippen molar-refractivity contribution in [1.82, 2.24) is 9.47 Å². The van der Waals surface area contributed by atoms with E-state index in [2.05, 4.69) is 4.90 Å². The monoisotopic (exact) mass is 336 g/mol. The van der Waals surface area contributed by atoms with E-state index in [0.717, 1.165) is 23.6 Å². The minimum absolute atomic E-state index is 0.695. The first kappa shape index (κ1) is 15.3. The first-order chi connectivity index (χ1) is 10.7. The van der Waals surface area contributed by atoms with Crippen LogP contribution in [0.15, 0.2) is 46.5 Å². The first-order valence-electron chi connectivity index (χ1n) is 7.05. The van der Waals surface area contributed by atoms with Gasteiger partial charge in [0, 0.05) is 26.3 Å². The standard InChI is InChI=1S/C15H17ClN4OS/c1-19-11-13(16)22-15(19)18-14(20-7-9-21-10-8-20)17-12-5-3-2-4-6-12/h2-6,11H,7-10H2,1H3. The zero-order valence-electron chi connectivity index (χ0n) is 12.3. The Morgan fingerprint density at radius 2 is 1.95 bits per heavy atom. The molecular weight excluding hydrogens is 320 g/mol. The number of halogens is 1. The van der Waals surface area contributed by atoms with E-state index in [1.807, 2.05) is 48.1 Å². The maximum Gasteiger partial charge on any atom is 0.228 e. The van der Waals surface area contributed by atoms with Gasteiger partial charge in [0.15, 0.2) is 4.80 Å². The maximum atomic E-state index is 6.06. The molecule has 0 bridgehead atoms. The Balaban J connectivity index is 2.01. The van der Waals surface area contributed by atoms with Gasteiger partial charge in [0.25, 0.3) is 0 Å². The normalized spacial score (nSPS) is 17.1. The zero-order chi connectivity index (χ0) is 15.4. The van der Waals surface area contributed by atoms with Crippen LogP contribution in [-0.2, 0) is 11.8 Å². The second-order valence-corrected chi connectivity index (χ2v) is 6.53. The van der Waals surface area contributed by atoms with Gasteiger partial charge >= 0.3 is 0 Å². The molecule has 0 aliphatic carbocycles. The number of guanidine groups is 1. The number of thiazole rings is 1. The van der Waals surface area contributed by atoms with E-state index in [9.17, 15) is 0 Å². The smallest absolute Gasteiger partial charge is 0.228 e. The van der Waals surface area contributed by atoms with Crippen molar-refractivity contribution >= 4 is 34.6 Å². The van der Waals surface area contributed by atoms with E-state index in [1.54, 1.807) is 0 Å². The molecule has 1 aromatic carbocycles. The first-order valence-corrected chi connectivity index (χ1v) is 8.25. The topological polar surface area (TPSA) is 42.1 Å². The Hall–Kier alpha value is -1.63. The third-order valence-electron chi connectivity index (χ3n) is 3.26. The molecule has 1 saturated heterocycles. The summed E-state index contributed by atoms with van der Waals surface area (Å²) in [6, 6.07) is 9.86. The van der Waals surface area contributed by atoms with Crippen LogP contribution >= 0.6 is 22.9 Å². The molecule has 2 aromatic rings. The molecule has 1 fully saturated rings. The predicted molar refractivity (Wildman–Crippen MR) is 89.8 cm³/mol. The van der Waals surface area contributed by atoms with Gasteiger partial charge in [-0.05, 0) is 12.1 Å². The molecule has 116 valence electrons. The number of ether oxygens (including phenoxy) is 1. The van der Waals surface area contributed by atoms with Gasteiger partial charge in [-0.15, -0.1) is 0 Å². The van der Waals surface area contributed by atoms with Crippen LogP contribution in [0.5, 0.6) is 0 Å². The Labute approximate surface area is 138 Å². The van der Waals surface area contributed by atoms with Crippen LogP contribution in [-0.4, -0.2) is 41.7 Å². The van der Waals surface area contributed by atoms with Gasteiger partial charge < -0.3 is 14.2 Å². The largest absolute Gasteiger partial charge is 0.378 e. The Kier molecular flexibility index (Phi) is 4.92. The van der Waals surface area contributed by atoms with E-state index in [0.29, 0.717) is 23.5 Å². The molecule has 7 heteroatoms. The summed E-state index contributed by atoms with van der Waals surface area (Å²) in [7, 11) is 1.93. The van der Waals surface area contributed by atoms with Crippen LogP contribution in [0.3, 0.4) is 0 Å². The molecule has 1 aliphatic rings. The number of morpholine rings is 1. The van der Waals surface area contributed by atoms with Crippen molar-refractivity contribution in [3.63, 3.8) is 0 Å². The summed E-state index contributed by atoms with van der Waals surface area (Å²) in [5.41, 5.74) is 0.887. The van der Waals surface area contributed by atoms with Crippen molar-refractivity contribution in [2.45, 2.75) is 0 Å². The minimum atomic E-state index is 0.695. The lowest BCUT2D eigenvalue weighted by atomic mass is 10.3. The van der Waals surface area contributed by atoms with Crippen LogP contribution in [0.4, 0.5) is 5.69 Å². The average molecular weight is 337 g/mol. The van der Waals surface area contributed by atoms with E-state index < -0.39 is 0 Å². The van der Waals surface area contributed by atoms with E-state index in [1.165, 1.54) is 11.3 Å². The van der Waals surface area contributed by atoms with E-state index >= 15 is 0 Å². The lowest BCUT2D eigenvalue weighted by Crippen LogP contribution is -2.40. The Bertz CT molecular complexity index is 717. The number of aliphatic imine (C=N–C) groups is 1. The summed E-state index contributed by atoms with van der Waals surface area (Å²) in [4.78, 5) is 12.4. The Morgan fingerprint density at radius 1 is 1.23 bits per heavy atom. The molecular formula is C15H17ClN4OS. The minimum Gasteiger partial charge on any atom is -0.378 e. The maximum absolute atomic E-state index is 6.06. The molecule has 0 atom stereocenters. The second kappa shape index (κ2) is 7.09. The molecule has 22 heavy (non-hydrogen) atoms. The van der Waals surface area contributed by atoms with Gasteiger partial charge in [-0.2, -0.15) is 4.99 Å². The van der Waals surface area contributed by atoms with Gasteiger partial charge in [0.1, 0.15) is 4.34 Å². The number of hydrogen-bond donors (Lipinski definition) is 0. The summed E-state index contributed by atoms with van der Waals surface area (Å²) < 4.78 is 8.04. The molecule has 5 nitrogen and oxygen atoms in total. The highest BCUT2D eigenvalue weighted by molar-refractivity contribution is 7.13. The lowest BCUT2D eigenvalue weighted by molar-refractivity contribution is 0.0675. The van der Waals surface area contributed by atoms with Gasteiger partial charge in [0.2, 0.25) is 5.96 Å². The summed E-state index contributed by atoms with van der Waals surface area (Å²) >= 11 is 7.50. The fourth-order valence-corrected chi connectivity index (χ4v) is 3.19. The summed E-state index contributed by atoms with van der Waals surface area (Å²) in [5, 5.41) is 0. The molecule has 0 amide bonds. The highest BCUT2D eigenvalue weighted by Crippen LogP contribution is 2.14. The number of benzene rings is 1. The van der Waals surface area contributed by atoms with Crippen LogP contribution < -0.4 is 4.80 Å². The quantitative estimate of drug-likeness (QED) is 0.593. The number of aromatic nitrogens is 1. The molecule has 0 unspecified atom stereocenters. The molecule has 3 rings (SSSR count). The van der Waals surface area contributed by atoms with Crippen LogP contribution in [0.25, 0.3) is 0 Å². The number of nitrogens with zero attached hydrogens (tertiary/aromatic N) is 4. The average Bonchev–Trinajstić information content (AvgIpc) is 2.86. The number of aryl methyl sites for hydroxylation is 1. The zero-order valence-corrected chi connectivity index (χ0v) is 13.8. The molecule has 0 N–H and O–H groups in total. The molecule has 0 saturated carbocycles. The van der Waals surface area contributed by atoms with Crippen molar-refractivity contribution in [1.29, 1.82) is 0 Å². The van der Waals surface area contributed by atoms with Crippen molar-refractivity contribution in [3.05, 3.63) is 45.7 Å². The molecule has 2 heterocycles. The predicted octanol–water partition coefficient (Wildman–Crippen LogP) is 2.66. The fourth-order valence-electron chi connectivity index (χ4n) is 2.13. The van der Waals surface area contributed by atoms with Crippen molar-refractivity contribution in [2.75, 3.05) is 26.3 Å². The highest BCUT2D eigenvalue weighted by Gasteiger charge is 2.15. The second-order valence-electron chi connectivity index (χ2n) is 4.89. The molecule has 1 aliphatic heterocycles. The van der Waals surface area contributed by atoms with E-state index in [-0.39, 0.29) is 0 Å². The van der Waals surface area contributed by atoms with Crippen LogP contribution in [0, 0.1) is 0 Å². The molecule has 0 spiro atoms. The Morgan fingerprint density at radius 3 is 2.59 bits per heavy atom. The van der Waals surface area contributed by atoms with Crippen LogP contribution in [0.1, 0.15) is 0 Å². The van der Waals surface area contributed by atoms with Gasteiger partial charge in [0.05, 0.1) is 18.9 Å². The van der Waals surface area contributed by atoms with Gasteiger partial charge in [-0.25, -0.2) is 4.99 Å². The lowest BCUT2D eigenvalue weighted by Gasteiger charge is -2.27. The van der Waals surface area contributed by atoms with Crippen LogP contribution in [0.2, 0.25) is 4.34 Å². The number of rotatable bonds is 1. The number of para-hydroxylation sites is 1.